The highest BCUT2D eigenvalue weighted by Crippen LogP contribution is 2.32. The highest BCUT2D eigenvalue weighted by Gasteiger charge is 2.34. The van der Waals surface area contributed by atoms with Gasteiger partial charge < -0.3 is 10.1 Å². The zero-order valence-corrected chi connectivity index (χ0v) is 15.4. The summed E-state index contributed by atoms with van der Waals surface area (Å²) in [5.74, 6) is -0.323. The number of aromatic nitrogens is 4. The Hall–Kier alpha value is -2.91. The number of pyridine rings is 1. The van der Waals surface area contributed by atoms with Crippen molar-refractivity contribution in [3.63, 3.8) is 0 Å². The van der Waals surface area contributed by atoms with Crippen LogP contribution in [0.15, 0.2) is 24.5 Å². The van der Waals surface area contributed by atoms with Crippen LogP contribution in [0.25, 0.3) is 17.6 Å². The average Bonchev–Trinajstić information content (AvgIpc) is 3.04. The Balaban J connectivity index is 1.84. The molecule has 7 nitrogen and oxygen atoms in total. The van der Waals surface area contributed by atoms with Crippen LogP contribution in [0.2, 0.25) is 0 Å². The lowest BCUT2D eigenvalue weighted by Gasteiger charge is -2.27. The minimum atomic E-state index is -4.59. The van der Waals surface area contributed by atoms with E-state index in [4.69, 9.17) is 4.74 Å². The summed E-state index contributed by atoms with van der Waals surface area (Å²) in [7, 11) is 0. The summed E-state index contributed by atoms with van der Waals surface area (Å²) in [5.41, 5.74) is -0.833. The van der Waals surface area contributed by atoms with Gasteiger partial charge in [-0.2, -0.15) is 13.2 Å². The molecule has 0 radical (unpaired) electrons. The SMILES string of the molecule is CC(C)OC(=O)C=Cn1cnc(-c2cc(NC3CCC3)nc(C(F)(F)F)c2)n1. The maximum Gasteiger partial charge on any atom is 0.433 e. The van der Waals surface area contributed by atoms with E-state index >= 15 is 0 Å². The number of nitrogens with one attached hydrogen (secondary N) is 1. The van der Waals surface area contributed by atoms with E-state index in [0.29, 0.717) is 0 Å². The van der Waals surface area contributed by atoms with Gasteiger partial charge in [0.05, 0.1) is 6.10 Å². The van der Waals surface area contributed by atoms with Crippen molar-refractivity contribution in [2.75, 3.05) is 5.32 Å². The quantitative estimate of drug-likeness (QED) is 0.593. The topological polar surface area (TPSA) is 81.9 Å². The van der Waals surface area contributed by atoms with Crippen LogP contribution in [-0.4, -0.2) is 37.9 Å². The van der Waals surface area contributed by atoms with Crippen LogP contribution in [0.5, 0.6) is 0 Å². The first-order chi connectivity index (χ1) is 13.2. The Morgan fingerprint density at radius 2 is 2.11 bits per heavy atom. The van der Waals surface area contributed by atoms with E-state index in [1.165, 1.54) is 23.3 Å². The number of carbonyl (C=O) groups excluding carboxylic acids is 1. The third-order valence-electron chi connectivity index (χ3n) is 4.05. The largest absolute Gasteiger partial charge is 0.460 e. The number of alkyl halides is 3. The summed E-state index contributed by atoms with van der Waals surface area (Å²) in [6.45, 7) is 3.44. The number of halogens is 3. The molecule has 1 fully saturated rings. The van der Waals surface area contributed by atoms with Gasteiger partial charge in [0.15, 0.2) is 5.82 Å². The van der Waals surface area contributed by atoms with Crippen molar-refractivity contribution in [3.8, 4) is 11.4 Å². The molecule has 150 valence electrons. The number of anilines is 1. The summed E-state index contributed by atoms with van der Waals surface area (Å²) in [5, 5.41) is 7.11. The lowest BCUT2D eigenvalue weighted by atomic mass is 9.93. The molecule has 1 saturated carbocycles. The van der Waals surface area contributed by atoms with Crippen LogP contribution in [-0.2, 0) is 15.7 Å². The van der Waals surface area contributed by atoms with E-state index in [-0.39, 0.29) is 29.4 Å². The molecule has 1 N–H and O–H groups in total. The van der Waals surface area contributed by atoms with Gasteiger partial charge in [-0.3, -0.25) is 0 Å². The van der Waals surface area contributed by atoms with Gasteiger partial charge in [-0.1, -0.05) is 0 Å². The number of rotatable bonds is 6. The zero-order valence-electron chi connectivity index (χ0n) is 15.4. The molecule has 0 atom stereocenters. The third kappa shape index (κ3) is 5.08. The molecule has 0 spiro atoms. The van der Waals surface area contributed by atoms with Crippen molar-refractivity contribution in [2.24, 2.45) is 0 Å². The molecule has 28 heavy (non-hydrogen) atoms. The summed E-state index contributed by atoms with van der Waals surface area (Å²) >= 11 is 0. The van der Waals surface area contributed by atoms with E-state index in [0.717, 1.165) is 31.4 Å². The first-order valence-corrected chi connectivity index (χ1v) is 8.87. The fourth-order valence-corrected chi connectivity index (χ4v) is 2.53. The summed E-state index contributed by atoms with van der Waals surface area (Å²) in [4.78, 5) is 19.2. The van der Waals surface area contributed by atoms with E-state index in [1.807, 2.05) is 0 Å². The van der Waals surface area contributed by atoms with Gasteiger partial charge in [0, 0.05) is 23.9 Å². The van der Waals surface area contributed by atoms with Crippen molar-refractivity contribution in [1.29, 1.82) is 0 Å². The average molecular weight is 395 g/mol. The van der Waals surface area contributed by atoms with Gasteiger partial charge >= 0.3 is 12.1 Å². The molecule has 1 aliphatic carbocycles. The third-order valence-corrected chi connectivity index (χ3v) is 4.05. The molecule has 2 heterocycles. The van der Waals surface area contributed by atoms with Gasteiger partial charge in [-0.05, 0) is 45.2 Å². The fourth-order valence-electron chi connectivity index (χ4n) is 2.53. The van der Waals surface area contributed by atoms with Gasteiger partial charge in [0.25, 0.3) is 0 Å². The molecular weight excluding hydrogens is 375 g/mol. The normalized spacial score (nSPS) is 15.1. The number of hydrogen-bond donors (Lipinski definition) is 1. The minimum absolute atomic E-state index is 0.0893. The van der Waals surface area contributed by atoms with Crippen LogP contribution in [0.1, 0.15) is 38.8 Å². The Bertz CT molecular complexity index is 872. The zero-order chi connectivity index (χ0) is 20.3. The minimum Gasteiger partial charge on any atom is -0.460 e. The van der Waals surface area contributed by atoms with Crippen LogP contribution in [0.4, 0.5) is 19.0 Å². The number of carbonyl (C=O) groups is 1. The molecule has 2 aromatic heterocycles. The lowest BCUT2D eigenvalue weighted by molar-refractivity contribution is -0.142. The molecule has 0 amide bonds. The van der Waals surface area contributed by atoms with Gasteiger partial charge in [0.2, 0.25) is 0 Å². The van der Waals surface area contributed by atoms with E-state index < -0.39 is 17.8 Å². The maximum absolute atomic E-state index is 13.2. The predicted octanol–water partition coefficient (Wildman–Crippen LogP) is 3.75. The van der Waals surface area contributed by atoms with Crippen LogP contribution < -0.4 is 5.32 Å². The summed E-state index contributed by atoms with van der Waals surface area (Å²) < 4.78 is 45.8. The molecule has 3 rings (SSSR count). The van der Waals surface area contributed by atoms with Gasteiger partial charge in [0.1, 0.15) is 17.8 Å². The molecule has 0 unspecified atom stereocenters. The number of esters is 1. The number of hydrogen-bond acceptors (Lipinski definition) is 6. The van der Waals surface area contributed by atoms with Crippen molar-refractivity contribution in [3.05, 3.63) is 30.2 Å². The Morgan fingerprint density at radius 3 is 2.71 bits per heavy atom. The maximum atomic E-state index is 13.2. The summed E-state index contributed by atoms with van der Waals surface area (Å²) in [6.07, 6.45) is 1.77. The second-order valence-electron chi connectivity index (χ2n) is 6.75. The first-order valence-electron chi connectivity index (χ1n) is 8.87. The molecule has 0 saturated heterocycles. The molecule has 1 aliphatic rings. The van der Waals surface area contributed by atoms with Crippen LogP contribution >= 0.6 is 0 Å². The number of ether oxygens (including phenoxy) is 1. The highest BCUT2D eigenvalue weighted by molar-refractivity contribution is 5.85. The molecule has 2 aromatic rings. The lowest BCUT2D eigenvalue weighted by Crippen LogP contribution is -2.27. The van der Waals surface area contributed by atoms with Crippen molar-refractivity contribution in [2.45, 2.75) is 51.4 Å². The standard InChI is InChI=1S/C18H20F3N5O2/c1-11(2)28-16(27)6-7-26-10-22-17(25-26)12-8-14(18(19,20)21)24-15(9-12)23-13-4-3-5-13/h6-11,13H,3-5H2,1-2H3,(H,23,24). The van der Waals surface area contributed by atoms with Gasteiger partial charge in [-0.25, -0.2) is 19.4 Å². The van der Waals surface area contributed by atoms with E-state index in [1.54, 1.807) is 13.8 Å². The molecule has 10 heteroatoms. The molecule has 0 aromatic carbocycles. The predicted molar refractivity (Wildman–Crippen MR) is 96.1 cm³/mol. The van der Waals surface area contributed by atoms with Crippen molar-refractivity contribution < 1.29 is 22.7 Å². The smallest absolute Gasteiger partial charge is 0.433 e. The molecule has 0 aliphatic heterocycles. The highest BCUT2D eigenvalue weighted by atomic mass is 19.4. The van der Waals surface area contributed by atoms with Crippen LogP contribution in [0, 0.1) is 0 Å². The van der Waals surface area contributed by atoms with E-state index in [9.17, 15) is 18.0 Å². The first kappa shape index (κ1) is 19.8. The summed E-state index contributed by atoms with van der Waals surface area (Å²) in [6, 6.07) is 2.52. The second-order valence-corrected chi connectivity index (χ2v) is 6.75. The Labute approximate surface area is 159 Å². The van der Waals surface area contributed by atoms with Gasteiger partial charge in [-0.15, -0.1) is 5.10 Å². The van der Waals surface area contributed by atoms with Crippen molar-refractivity contribution >= 4 is 18.0 Å². The van der Waals surface area contributed by atoms with Crippen LogP contribution in [0.3, 0.4) is 0 Å². The fraction of sp³-hybridized carbons (Fsp3) is 0.444. The Morgan fingerprint density at radius 1 is 1.36 bits per heavy atom. The van der Waals surface area contributed by atoms with E-state index in [2.05, 4.69) is 20.4 Å². The van der Waals surface area contributed by atoms with Crippen molar-refractivity contribution in [1.82, 2.24) is 19.7 Å². The Kier molecular flexibility index (Phi) is 5.66. The molecule has 0 bridgehead atoms. The molecular formula is C18H20F3N5O2. The second kappa shape index (κ2) is 7.99. The number of nitrogens with zero attached hydrogens (tertiary/aromatic N) is 4. The monoisotopic (exact) mass is 395 g/mol.